The minimum Gasteiger partial charge on any atom is -0.460 e. The van der Waals surface area contributed by atoms with Crippen LogP contribution in [0.1, 0.15) is 37.1 Å². The summed E-state index contributed by atoms with van der Waals surface area (Å²) < 4.78 is 23.4. The number of hydrogen-bond acceptors (Lipinski definition) is 9. The molecule has 0 radical (unpaired) electrons. The predicted molar refractivity (Wildman–Crippen MR) is 150 cm³/mol. The van der Waals surface area contributed by atoms with Gasteiger partial charge in [-0.3, -0.25) is 9.20 Å². The smallest absolute Gasteiger partial charge is 0.316 e. The summed E-state index contributed by atoms with van der Waals surface area (Å²) in [5.74, 6) is -0.171. The Morgan fingerprint density at radius 1 is 1.12 bits per heavy atom. The Balaban J connectivity index is 1.42. The van der Waals surface area contributed by atoms with Crippen molar-refractivity contribution >= 4 is 33.0 Å². The maximum Gasteiger partial charge on any atom is 0.316 e. The first-order valence-electron chi connectivity index (χ1n) is 12.8. The van der Waals surface area contributed by atoms with Crippen LogP contribution in [0.2, 0.25) is 0 Å². The molecule has 0 unspecified atom stereocenters. The number of pyridine rings is 1. The van der Waals surface area contributed by atoms with Crippen LogP contribution in [0.3, 0.4) is 0 Å². The average Bonchev–Trinajstić information content (AvgIpc) is 3.55. The molecule has 1 fully saturated rings. The summed E-state index contributed by atoms with van der Waals surface area (Å²) in [7, 11) is 0. The van der Waals surface area contributed by atoms with Crippen LogP contribution in [0, 0.1) is 12.7 Å². The van der Waals surface area contributed by atoms with Crippen LogP contribution >= 0.6 is 11.3 Å². The zero-order chi connectivity index (χ0) is 27.5. The van der Waals surface area contributed by atoms with Gasteiger partial charge in [0.15, 0.2) is 5.65 Å². The van der Waals surface area contributed by atoms with Gasteiger partial charge < -0.3 is 10.5 Å². The summed E-state index contributed by atoms with van der Waals surface area (Å²) in [6.45, 7) is 3.80. The predicted octanol–water partition coefficient (Wildman–Crippen LogP) is 4.80. The third kappa shape index (κ3) is 3.99. The Bertz CT molecular complexity index is 1980. The Kier molecular flexibility index (Phi) is 5.59. The van der Waals surface area contributed by atoms with Gasteiger partial charge in [0.05, 0.1) is 17.0 Å². The number of thiazole rings is 1. The van der Waals surface area contributed by atoms with Crippen LogP contribution < -0.4 is 16.0 Å². The molecule has 5 heterocycles. The Morgan fingerprint density at radius 3 is 2.67 bits per heavy atom. The van der Waals surface area contributed by atoms with Crippen molar-refractivity contribution in [3.8, 4) is 28.4 Å². The largest absolute Gasteiger partial charge is 0.460 e. The van der Waals surface area contributed by atoms with Crippen LogP contribution in [0.5, 0.6) is 6.01 Å². The van der Waals surface area contributed by atoms with Crippen molar-refractivity contribution in [2.75, 3.05) is 5.73 Å². The van der Waals surface area contributed by atoms with Gasteiger partial charge in [0.25, 0.3) is 5.56 Å². The third-order valence-corrected chi connectivity index (χ3v) is 8.06. The molecule has 1 saturated carbocycles. The first-order chi connectivity index (χ1) is 19.4. The molecule has 1 aromatic carbocycles. The van der Waals surface area contributed by atoms with E-state index in [9.17, 15) is 9.18 Å². The summed E-state index contributed by atoms with van der Waals surface area (Å²) in [6.07, 6.45) is 6.84. The zero-order valence-corrected chi connectivity index (χ0v) is 22.4. The van der Waals surface area contributed by atoms with Gasteiger partial charge in [0.1, 0.15) is 34.6 Å². The van der Waals surface area contributed by atoms with E-state index in [1.165, 1.54) is 29.8 Å². The molecule has 2 N–H and O–H groups in total. The molecule has 0 aliphatic heterocycles. The second-order valence-electron chi connectivity index (χ2n) is 9.84. The van der Waals surface area contributed by atoms with Crippen molar-refractivity contribution in [3.63, 3.8) is 0 Å². The van der Waals surface area contributed by atoms with E-state index in [0.717, 1.165) is 23.4 Å². The fourth-order valence-corrected chi connectivity index (χ4v) is 5.85. The minimum atomic E-state index is -0.484. The van der Waals surface area contributed by atoms with E-state index >= 15 is 0 Å². The number of halogens is 1. The van der Waals surface area contributed by atoms with E-state index in [0.29, 0.717) is 45.0 Å². The van der Waals surface area contributed by atoms with Gasteiger partial charge in [0, 0.05) is 29.0 Å². The number of hydrogen-bond donors (Lipinski definition) is 1. The van der Waals surface area contributed by atoms with Gasteiger partial charge in [-0.2, -0.15) is 5.10 Å². The van der Waals surface area contributed by atoms with Crippen molar-refractivity contribution in [1.82, 2.24) is 34.1 Å². The maximum absolute atomic E-state index is 14.3. The number of aromatic nitrogens is 7. The lowest BCUT2D eigenvalue weighted by Gasteiger charge is -2.18. The highest BCUT2D eigenvalue weighted by molar-refractivity contribution is 7.15. The molecular weight excluding hydrogens is 531 g/mol. The maximum atomic E-state index is 14.3. The summed E-state index contributed by atoms with van der Waals surface area (Å²) >= 11 is 1.47. The molecular formula is C28H23FN8O2S. The summed E-state index contributed by atoms with van der Waals surface area (Å²) in [4.78, 5) is 32.1. The average molecular weight is 555 g/mol. The second-order valence-corrected chi connectivity index (χ2v) is 10.7. The topological polar surface area (TPSA) is 126 Å². The number of nitrogens with two attached hydrogens (primary N) is 1. The first-order valence-corrected chi connectivity index (χ1v) is 13.6. The zero-order valence-electron chi connectivity index (χ0n) is 21.6. The summed E-state index contributed by atoms with van der Waals surface area (Å²) in [6, 6.07) is 7.84. The molecule has 5 aromatic heterocycles. The molecule has 0 saturated heterocycles. The lowest BCUT2D eigenvalue weighted by Crippen LogP contribution is -2.21. The number of rotatable bonds is 6. The lowest BCUT2D eigenvalue weighted by molar-refractivity contribution is 0.278. The summed E-state index contributed by atoms with van der Waals surface area (Å²) in [5.41, 5.74) is 10.1. The Labute approximate surface area is 231 Å². The lowest BCUT2D eigenvalue weighted by atomic mass is 9.97. The monoisotopic (exact) mass is 554 g/mol. The van der Waals surface area contributed by atoms with E-state index < -0.39 is 11.9 Å². The van der Waals surface area contributed by atoms with Gasteiger partial charge in [0.2, 0.25) is 0 Å². The molecule has 0 amide bonds. The number of benzene rings is 1. The number of nitrogen functional groups attached to an aromatic ring is 1. The molecule has 1 aliphatic rings. The molecule has 0 bridgehead atoms. The molecule has 200 valence electrons. The highest BCUT2D eigenvalue weighted by Crippen LogP contribution is 2.36. The minimum absolute atomic E-state index is 0.177. The van der Waals surface area contributed by atoms with E-state index in [2.05, 4.69) is 19.9 Å². The van der Waals surface area contributed by atoms with Crippen molar-refractivity contribution in [2.45, 2.75) is 38.8 Å². The van der Waals surface area contributed by atoms with Crippen molar-refractivity contribution < 1.29 is 9.13 Å². The quantitative estimate of drug-likeness (QED) is 0.311. The number of aryl methyl sites for hydroxylation is 1. The Hall–Kier alpha value is -4.71. The SMILES string of the molecule is Cc1csc2cc([C@H](C)n3nc(-c4cnc(OC5CC5)nc4)c4c(N)ncnc43)c(-c3cccc(F)c3)c(=O)n12. The number of fused-ring (bicyclic) bond motifs is 2. The number of nitrogens with zero attached hydrogens (tertiary/aromatic N) is 7. The van der Waals surface area contributed by atoms with Gasteiger partial charge in [-0.1, -0.05) is 12.1 Å². The fourth-order valence-electron chi connectivity index (χ4n) is 4.92. The third-order valence-electron chi connectivity index (χ3n) is 7.05. The van der Waals surface area contributed by atoms with Crippen LogP contribution in [-0.4, -0.2) is 40.2 Å². The van der Waals surface area contributed by atoms with Crippen LogP contribution in [-0.2, 0) is 0 Å². The normalized spacial score (nSPS) is 14.2. The highest BCUT2D eigenvalue weighted by atomic mass is 32.1. The van der Waals surface area contributed by atoms with Crippen molar-refractivity contribution in [3.05, 3.63) is 81.9 Å². The molecule has 0 spiro atoms. The van der Waals surface area contributed by atoms with Gasteiger partial charge in [-0.05, 0) is 56.0 Å². The summed E-state index contributed by atoms with van der Waals surface area (Å²) in [5, 5.41) is 7.37. The fraction of sp³-hybridized carbons (Fsp3) is 0.214. The molecule has 1 atom stereocenters. The van der Waals surface area contributed by atoms with E-state index in [4.69, 9.17) is 15.6 Å². The van der Waals surface area contributed by atoms with E-state index in [1.807, 2.05) is 25.3 Å². The molecule has 6 aromatic rings. The molecule has 12 heteroatoms. The molecule has 1 aliphatic carbocycles. The Morgan fingerprint density at radius 2 is 1.93 bits per heavy atom. The molecule has 40 heavy (non-hydrogen) atoms. The second kappa shape index (κ2) is 9.19. The van der Waals surface area contributed by atoms with Crippen molar-refractivity contribution in [2.24, 2.45) is 0 Å². The van der Waals surface area contributed by atoms with Crippen LogP contribution in [0.4, 0.5) is 10.2 Å². The van der Waals surface area contributed by atoms with Crippen molar-refractivity contribution in [1.29, 1.82) is 0 Å². The standard InChI is InChI=1S/C28H23FN8O2S/c1-14-12-40-21-9-20(22(27(38)36(14)21)16-4-3-5-18(29)8-16)15(2)37-26-23(25(30)33-13-34-26)24(35-37)17-10-31-28(32-11-17)39-19-6-7-19/h3-5,8-13,15,19H,6-7H2,1-2H3,(H2,30,33,34)/t15-/m0/s1. The van der Waals surface area contributed by atoms with Crippen LogP contribution in [0.25, 0.3) is 38.2 Å². The number of ether oxygens (including phenoxy) is 1. The van der Waals surface area contributed by atoms with Crippen LogP contribution in [0.15, 0.2) is 59.2 Å². The first kappa shape index (κ1) is 24.3. The van der Waals surface area contributed by atoms with Gasteiger partial charge in [-0.25, -0.2) is 29.0 Å². The van der Waals surface area contributed by atoms with Gasteiger partial charge in [-0.15, -0.1) is 11.3 Å². The highest BCUT2D eigenvalue weighted by Gasteiger charge is 2.27. The molecule has 10 nitrogen and oxygen atoms in total. The van der Waals surface area contributed by atoms with E-state index in [-0.39, 0.29) is 17.5 Å². The molecule has 7 rings (SSSR count). The van der Waals surface area contributed by atoms with Gasteiger partial charge >= 0.3 is 6.01 Å². The number of anilines is 1. The van der Waals surface area contributed by atoms with E-state index in [1.54, 1.807) is 33.6 Å².